The van der Waals surface area contributed by atoms with Crippen molar-refractivity contribution in [1.29, 1.82) is 0 Å². The lowest BCUT2D eigenvalue weighted by molar-refractivity contribution is -0.122. The molecule has 0 bridgehead atoms. The summed E-state index contributed by atoms with van der Waals surface area (Å²) in [4.78, 5) is 11.4. The lowest BCUT2D eigenvalue weighted by Crippen LogP contribution is -2.32. The molecule has 0 radical (unpaired) electrons. The minimum Gasteiger partial charge on any atom is -0.393 e. The molecule has 0 heterocycles. The van der Waals surface area contributed by atoms with Gasteiger partial charge in [0.25, 0.3) is 0 Å². The van der Waals surface area contributed by atoms with Crippen molar-refractivity contribution < 1.29 is 9.90 Å². The predicted octanol–water partition coefficient (Wildman–Crippen LogP) is 1.70. The summed E-state index contributed by atoms with van der Waals surface area (Å²) in [5.74, 6) is 1.17. The Labute approximate surface area is 92.3 Å². The Morgan fingerprint density at radius 1 is 1.33 bits per heavy atom. The number of amides is 1. The molecule has 0 aromatic carbocycles. The van der Waals surface area contributed by atoms with Crippen LogP contribution in [0.4, 0.5) is 0 Å². The van der Waals surface area contributed by atoms with Crippen LogP contribution in [0.3, 0.4) is 0 Å². The Morgan fingerprint density at radius 3 is 2.47 bits per heavy atom. The van der Waals surface area contributed by atoms with E-state index in [1.165, 1.54) is 0 Å². The van der Waals surface area contributed by atoms with Crippen LogP contribution in [0.15, 0.2) is 0 Å². The number of carbonyl (C=O) groups is 1. The first-order valence-electron chi connectivity index (χ1n) is 6.02. The summed E-state index contributed by atoms with van der Waals surface area (Å²) >= 11 is 0. The fourth-order valence-corrected chi connectivity index (χ4v) is 2.05. The Balaban J connectivity index is 2.12. The first-order valence-corrected chi connectivity index (χ1v) is 6.02. The van der Waals surface area contributed by atoms with Gasteiger partial charge in [-0.3, -0.25) is 4.79 Å². The first-order chi connectivity index (χ1) is 7.08. The van der Waals surface area contributed by atoms with Gasteiger partial charge in [0.05, 0.1) is 6.10 Å². The summed E-state index contributed by atoms with van der Waals surface area (Å²) in [5.41, 5.74) is 0. The molecule has 1 rings (SSSR count). The number of aliphatic hydroxyl groups is 1. The second kappa shape index (κ2) is 6.11. The average Bonchev–Trinajstić information content (AvgIpc) is 2.16. The molecule has 1 fully saturated rings. The van der Waals surface area contributed by atoms with Crippen molar-refractivity contribution in [2.75, 3.05) is 6.54 Å². The molecule has 0 atom stereocenters. The van der Waals surface area contributed by atoms with E-state index in [2.05, 4.69) is 19.2 Å². The van der Waals surface area contributed by atoms with Crippen molar-refractivity contribution in [2.24, 2.45) is 11.8 Å². The van der Waals surface area contributed by atoms with E-state index >= 15 is 0 Å². The molecule has 0 unspecified atom stereocenters. The highest BCUT2D eigenvalue weighted by atomic mass is 16.3. The van der Waals surface area contributed by atoms with E-state index in [1.54, 1.807) is 0 Å². The maximum Gasteiger partial charge on any atom is 0.220 e. The zero-order chi connectivity index (χ0) is 11.3. The van der Waals surface area contributed by atoms with E-state index in [0.717, 1.165) is 32.2 Å². The summed E-state index contributed by atoms with van der Waals surface area (Å²) < 4.78 is 0. The molecule has 2 N–H and O–H groups in total. The molecule has 1 aliphatic carbocycles. The van der Waals surface area contributed by atoms with E-state index < -0.39 is 0 Å². The Morgan fingerprint density at radius 2 is 1.93 bits per heavy atom. The van der Waals surface area contributed by atoms with Gasteiger partial charge in [-0.05, 0) is 37.5 Å². The number of hydrogen-bond acceptors (Lipinski definition) is 2. The fraction of sp³-hybridized carbons (Fsp3) is 0.917. The van der Waals surface area contributed by atoms with Gasteiger partial charge >= 0.3 is 0 Å². The summed E-state index contributed by atoms with van der Waals surface area (Å²) in [6, 6.07) is 0. The van der Waals surface area contributed by atoms with E-state index in [1.807, 2.05) is 0 Å². The summed E-state index contributed by atoms with van der Waals surface area (Å²) in [6.45, 7) is 4.89. The van der Waals surface area contributed by atoms with E-state index in [9.17, 15) is 9.90 Å². The Kier molecular flexibility index (Phi) is 5.09. The molecule has 0 saturated heterocycles. The van der Waals surface area contributed by atoms with Crippen molar-refractivity contribution in [1.82, 2.24) is 5.32 Å². The Bertz CT molecular complexity index is 196. The highest BCUT2D eigenvalue weighted by molar-refractivity contribution is 5.76. The first kappa shape index (κ1) is 12.5. The van der Waals surface area contributed by atoms with Crippen LogP contribution in [0.25, 0.3) is 0 Å². The number of aliphatic hydroxyl groups excluding tert-OH is 1. The van der Waals surface area contributed by atoms with Gasteiger partial charge in [-0.1, -0.05) is 13.8 Å². The zero-order valence-electron chi connectivity index (χ0n) is 9.83. The van der Waals surface area contributed by atoms with Crippen LogP contribution in [-0.2, 0) is 4.79 Å². The number of hydrogen-bond donors (Lipinski definition) is 2. The monoisotopic (exact) mass is 213 g/mol. The normalized spacial score (nSPS) is 26.7. The zero-order valence-corrected chi connectivity index (χ0v) is 9.83. The van der Waals surface area contributed by atoms with Crippen molar-refractivity contribution in [2.45, 2.75) is 52.1 Å². The third-order valence-electron chi connectivity index (χ3n) is 3.00. The number of nitrogens with one attached hydrogen (secondary N) is 1. The molecular weight excluding hydrogens is 190 g/mol. The minimum absolute atomic E-state index is 0.104. The van der Waals surface area contributed by atoms with Crippen molar-refractivity contribution in [3.63, 3.8) is 0 Å². The molecule has 3 nitrogen and oxygen atoms in total. The summed E-state index contributed by atoms with van der Waals surface area (Å²) in [6.07, 6.45) is 4.39. The van der Waals surface area contributed by atoms with Crippen LogP contribution in [0, 0.1) is 11.8 Å². The fourth-order valence-electron chi connectivity index (χ4n) is 2.05. The molecule has 0 spiro atoms. The maximum atomic E-state index is 11.4. The highest BCUT2D eigenvalue weighted by Crippen LogP contribution is 2.23. The average molecular weight is 213 g/mol. The lowest BCUT2D eigenvalue weighted by atomic mass is 9.87. The van der Waals surface area contributed by atoms with Crippen molar-refractivity contribution >= 4 is 5.91 Å². The van der Waals surface area contributed by atoms with Gasteiger partial charge in [0.15, 0.2) is 0 Å². The predicted molar refractivity (Wildman–Crippen MR) is 60.4 cm³/mol. The maximum absolute atomic E-state index is 11.4. The molecule has 3 heteroatoms. The van der Waals surface area contributed by atoms with Gasteiger partial charge in [-0.25, -0.2) is 0 Å². The SMILES string of the molecule is CC(C)CC(=O)NCC1CCC(O)CC1. The van der Waals surface area contributed by atoms with Gasteiger partial charge in [-0.15, -0.1) is 0 Å². The molecule has 15 heavy (non-hydrogen) atoms. The quantitative estimate of drug-likeness (QED) is 0.746. The van der Waals surface area contributed by atoms with Crippen LogP contribution >= 0.6 is 0 Å². The van der Waals surface area contributed by atoms with Crippen molar-refractivity contribution in [3.8, 4) is 0 Å². The smallest absolute Gasteiger partial charge is 0.220 e. The standard InChI is InChI=1S/C12H23NO2/c1-9(2)7-12(15)13-8-10-3-5-11(14)6-4-10/h9-11,14H,3-8H2,1-2H3,(H,13,15). The Hall–Kier alpha value is -0.570. The van der Waals surface area contributed by atoms with E-state index in [4.69, 9.17) is 0 Å². The van der Waals surface area contributed by atoms with Gasteiger partial charge in [-0.2, -0.15) is 0 Å². The molecule has 0 aliphatic heterocycles. The molecule has 1 amide bonds. The molecule has 1 aliphatic rings. The topological polar surface area (TPSA) is 49.3 Å². The van der Waals surface area contributed by atoms with Crippen LogP contribution in [0.1, 0.15) is 46.0 Å². The third-order valence-corrected chi connectivity index (χ3v) is 3.00. The number of rotatable bonds is 4. The largest absolute Gasteiger partial charge is 0.393 e. The summed E-state index contributed by atoms with van der Waals surface area (Å²) in [5, 5.41) is 12.3. The van der Waals surface area contributed by atoms with Gasteiger partial charge < -0.3 is 10.4 Å². The van der Waals surface area contributed by atoms with Crippen molar-refractivity contribution in [3.05, 3.63) is 0 Å². The minimum atomic E-state index is -0.104. The second-order valence-corrected chi connectivity index (χ2v) is 5.08. The van der Waals surface area contributed by atoms with E-state index in [0.29, 0.717) is 18.3 Å². The molecule has 0 aromatic rings. The van der Waals surface area contributed by atoms with Gasteiger partial charge in [0.2, 0.25) is 5.91 Å². The summed E-state index contributed by atoms with van der Waals surface area (Å²) in [7, 11) is 0. The van der Waals surface area contributed by atoms with Crippen LogP contribution in [-0.4, -0.2) is 23.7 Å². The number of carbonyl (C=O) groups excluding carboxylic acids is 1. The van der Waals surface area contributed by atoms with Gasteiger partial charge in [0.1, 0.15) is 0 Å². The van der Waals surface area contributed by atoms with Crippen LogP contribution < -0.4 is 5.32 Å². The highest BCUT2D eigenvalue weighted by Gasteiger charge is 2.19. The third kappa shape index (κ3) is 5.17. The molecule has 88 valence electrons. The van der Waals surface area contributed by atoms with Crippen LogP contribution in [0.5, 0.6) is 0 Å². The van der Waals surface area contributed by atoms with E-state index in [-0.39, 0.29) is 12.0 Å². The van der Waals surface area contributed by atoms with Gasteiger partial charge in [0, 0.05) is 13.0 Å². The molecule has 0 aromatic heterocycles. The molecular formula is C12H23NO2. The van der Waals surface area contributed by atoms with Crippen LogP contribution in [0.2, 0.25) is 0 Å². The molecule has 1 saturated carbocycles. The lowest BCUT2D eigenvalue weighted by Gasteiger charge is -2.25. The second-order valence-electron chi connectivity index (χ2n) is 5.08.